The third kappa shape index (κ3) is 2.95. The Kier molecular flexibility index (Phi) is 3.98. The molecule has 23 heavy (non-hydrogen) atoms. The molecule has 0 amide bonds. The Balaban J connectivity index is 1.53. The molecule has 0 saturated carbocycles. The Morgan fingerprint density at radius 3 is 2.78 bits per heavy atom. The average Bonchev–Trinajstić information content (AvgIpc) is 3.26. The summed E-state index contributed by atoms with van der Waals surface area (Å²) < 4.78 is 5.29. The minimum atomic E-state index is -0.975. The minimum Gasteiger partial charge on any atom is -0.379 e. The molecule has 2 fully saturated rings. The molecule has 2 aromatic rings. The van der Waals surface area contributed by atoms with Crippen molar-refractivity contribution in [2.75, 3.05) is 29.5 Å². The van der Waals surface area contributed by atoms with Crippen LogP contribution in [0.2, 0.25) is 0 Å². The number of hydrogen-bond acceptors (Lipinski definition) is 7. The molecule has 0 aliphatic carbocycles. The van der Waals surface area contributed by atoms with Gasteiger partial charge in [-0.2, -0.15) is 16.7 Å². The van der Waals surface area contributed by atoms with E-state index < -0.39 is 5.60 Å². The number of aromatic nitrogens is 3. The van der Waals surface area contributed by atoms with E-state index in [0.717, 1.165) is 30.2 Å². The van der Waals surface area contributed by atoms with Crippen LogP contribution in [-0.4, -0.2) is 44.8 Å². The van der Waals surface area contributed by atoms with Crippen molar-refractivity contribution >= 4 is 17.6 Å². The van der Waals surface area contributed by atoms with Gasteiger partial charge in [-0.3, -0.25) is 0 Å². The number of anilines is 1. The van der Waals surface area contributed by atoms with E-state index in [2.05, 4.69) is 20.0 Å². The number of hydrogen-bond donors (Lipinski definition) is 1. The highest BCUT2D eigenvalue weighted by molar-refractivity contribution is 7.99. The predicted molar refractivity (Wildman–Crippen MR) is 89.4 cm³/mol. The zero-order valence-electron chi connectivity index (χ0n) is 12.9. The van der Waals surface area contributed by atoms with E-state index in [4.69, 9.17) is 4.52 Å². The second-order valence-electron chi connectivity index (χ2n) is 6.21. The fraction of sp³-hybridized carbons (Fsp3) is 0.562. The predicted octanol–water partition coefficient (Wildman–Crippen LogP) is 2.45. The lowest BCUT2D eigenvalue weighted by molar-refractivity contribution is 0.0307. The van der Waals surface area contributed by atoms with Crippen molar-refractivity contribution in [2.45, 2.75) is 31.3 Å². The molecule has 2 aliphatic heterocycles. The first-order chi connectivity index (χ1) is 11.2. The first-order valence-corrected chi connectivity index (χ1v) is 9.26. The Hall–Kier alpha value is -1.60. The monoisotopic (exact) mass is 332 g/mol. The van der Waals surface area contributed by atoms with E-state index in [9.17, 15) is 5.11 Å². The van der Waals surface area contributed by atoms with Gasteiger partial charge in [0.25, 0.3) is 5.89 Å². The summed E-state index contributed by atoms with van der Waals surface area (Å²) in [5.41, 5.74) is -0.160. The Bertz CT molecular complexity index is 661. The van der Waals surface area contributed by atoms with Crippen LogP contribution in [0.15, 0.2) is 22.9 Å². The summed E-state index contributed by atoms with van der Waals surface area (Å²) in [7, 11) is 0. The molecule has 6 nitrogen and oxygen atoms in total. The van der Waals surface area contributed by atoms with Crippen LogP contribution < -0.4 is 4.90 Å². The fourth-order valence-corrected chi connectivity index (χ4v) is 4.31. The lowest BCUT2D eigenvalue weighted by atomic mass is 10.0. The van der Waals surface area contributed by atoms with Gasteiger partial charge in [0.15, 0.2) is 5.60 Å². The second kappa shape index (κ2) is 6.13. The summed E-state index contributed by atoms with van der Waals surface area (Å²) >= 11 is 1.70. The molecule has 0 aromatic carbocycles. The normalized spacial score (nSPS) is 25.0. The van der Waals surface area contributed by atoms with Crippen molar-refractivity contribution < 1.29 is 9.63 Å². The Morgan fingerprint density at radius 2 is 2.09 bits per heavy atom. The Labute approximate surface area is 139 Å². The standard InChI is InChI=1S/C16H20N4O2S/c21-16(6-9-23-11-16)15-18-14(19-22-15)12-4-5-13(17-10-12)20-7-2-1-3-8-20/h4-5,10,21H,1-3,6-9,11H2/t16-/m1/s1. The molecule has 1 N–H and O–H groups in total. The molecule has 0 radical (unpaired) electrons. The number of thioether (sulfide) groups is 1. The molecule has 4 rings (SSSR count). The summed E-state index contributed by atoms with van der Waals surface area (Å²) in [5, 5.41) is 14.5. The van der Waals surface area contributed by atoms with Gasteiger partial charge in [0.05, 0.1) is 0 Å². The first kappa shape index (κ1) is 15.0. The molecule has 1 atom stereocenters. The molecule has 2 saturated heterocycles. The quantitative estimate of drug-likeness (QED) is 0.925. The van der Waals surface area contributed by atoms with Crippen molar-refractivity contribution in [1.82, 2.24) is 15.1 Å². The highest BCUT2D eigenvalue weighted by atomic mass is 32.2. The Morgan fingerprint density at radius 1 is 1.22 bits per heavy atom. The van der Waals surface area contributed by atoms with E-state index in [1.165, 1.54) is 19.3 Å². The van der Waals surface area contributed by atoms with E-state index >= 15 is 0 Å². The van der Waals surface area contributed by atoms with Crippen molar-refractivity contribution in [1.29, 1.82) is 0 Å². The molecule has 4 heterocycles. The van der Waals surface area contributed by atoms with Crippen LogP contribution in [0.5, 0.6) is 0 Å². The summed E-state index contributed by atoms with van der Waals surface area (Å²) in [5.74, 6) is 3.34. The maximum Gasteiger partial charge on any atom is 0.259 e. The van der Waals surface area contributed by atoms with Gasteiger partial charge in [0.1, 0.15) is 5.82 Å². The van der Waals surface area contributed by atoms with Gasteiger partial charge in [-0.15, -0.1) is 0 Å². The number of piperidine rings is 1. The lowest BCUT2D eigenvalue weighted by Gasteiger charge is -2.27. The highest BCUT2D eigenvalue weighted by Gasteiger charge is 2.39. The summed E-state index contributed by atoms with van der Waals surface area (Å²) in [6.45, 7) is 2.15. The summed E-state index contributed by atoms with van der Waals surface area (Å²) in [4.78, 5) is 11.2. The molecule has 122 valence electrons. The van der Waals surface area contributed by atoms with E-state index in [1.54, 1.807) is 18.0 Å². The fourth-order valence-electron chi connectivity index (χ4n) is 3.08. The van der Waals surface area contributed by atoms with E-state index in [1.807, 2.05) is 12.1 Å². The molecular weight excluding hydrogens is 312 g/mol. The van der Waals surface area contributed by atoms with Gasteiger partial charge in [0, 0.05) is 30.6 Å². The zero-order valence-corrected chi connectivity index (χ0v) is 13.8. The molecule has 0 spiro atoms. The van der Waals surface area contributed by atoms with Gasteiger partial charge >= 0.3 is 0 Å². The van der Waals surface area contributed by atoms with Crippen LogP contribution in [-0.2, 0) is 5.60 Å². The van der Waals surface area contributed by atoms with E-state index in [-0.39, 0.29) is 0 Å². The largest absolute Gasteiger partial charge is 0.379 e. The van der Waals surface area contributed by atoms with Crippen LogP contribution in [0.25, 0.3) is 11.4 Å². The SMILES string of the molecule is O[C@]1(c2nc(-c3ccc(N4CCCCC4)nc3)no2)CCSC1. The van der Waals surface area contributed by atoms with Gasteiger partial charge in [-0.25, -0.2) is 4.98 Å². The van der Waals surface area contributed by atoms with Crippen LogP contribution in [0.4, 0.5) is 5.82 Å². The van der Waals surface area contributed by atoms with Crippen molar-refractivity contribution in [3.63, 3.8) is 0 Å². The average molecular weight is 332 g/mol. The number of pyridine rings is 1. The van der Waals surface area contributed by atoms with Crippen LogP contribution in [0.3, 0.4) is 0 Å². The van der Waals surface area contributed by atoms with Crippen LogP contribution >= 0.6 is 11.8 Å². The number of nitrogens with zero attached hydrogens (tertiary/aromatic N) is 4. The molecule has 7 heteroatoms. The third-order valence-electron chi connectivity index (χ3n) is 4.51. The van der Waals surface area contributed by atoms with Gasteiger partial charge in [-0.1, -0.05) is 5.16 Å². The smallest absolute Gasteiger partial charge is 0.259 e. The van der Waals surface area contributed by atoms with E-state index in [0.29, 0.717) is 23.9 Å². The maximum absolute atomic E-state index is 10.5. The summed E-state index contributed by atoms with van der Waals surface area (Å²) in [6, 6.07) is 3.98. The number of rotatable bonds is 3. The maximum atomic E-state index is 10.5. The van der Waals surface area contributed by atoms with Crippen molar-refractivity contribution in [3.05, 3.63) is 24.2 Å². The lowest BCUT2D eigenvalue weighted by Crippen LogP contribution is -2.29. The molecule has 2 aromatic heterocycles. The molecule has 0 bridgehead atoms. The summed E-state index contributed by atoms with van der Waals surface area (Å²) in [6.07, 6.45) is 6.21. The first-order valence-electron chi connectivity index (χ1n) is 8.10. The number of aliphatic hydroxyl groups is 1. The van der Waals surface area contributed by atoms with Crippen molar-refractivity contribution in [2.24, 2.45) is 0 Å². The van der Waals surface area contributed by atoms with Crippen LogP contribution in [0, 0.1) is 0 Å². The third-order valence-corrected chi connectivity index (χ3v) is 5.69. The highest BCUT2D eigenvalue weighted by Crippen LogP contribution is 2.36. The topological polar surface area (TPSA) is 75.3 Å². The second-order valence-corrected chi connectivity index (χ2v) is 7.32. The zero-order chi connectivity index (χ0) is 15.7. The molecule has 0 unspecified atom stereocenters. The van der Waals surface area contributed by atoms with Gasteiger partial charge in [-0.05, 0) is 43.6 Å². The minimum absolute atomic E-state index is 0.317. The van der Waals surface area contributed by atoms with Crippen LogP contribution in [0.1, 0.15) is 31.6 Å². The molecule has 2 aliphatic rings. The van der Waals surface area contributed by atoms with Crippen molar-refractivity contribution in [3.8, 4) is 11.4 Å². The van der Waals surface area contributed by atoms with Gasteiger partial charge < -0.3 is 14.5 Å². The van der Waals surface area contributed by atoms with Gasteiger partial charge in [0.2, 0.25) is 5.82 Å². The molecular formula is C16H20N4O2S.